The van der Waals surface area contributed by atoms with Gasteiger partial charge in [0.1, 0.15) is 0 Å². The third-order valence-electron chi connectivity index (χ3n) is 1.14. The predicted octanol–water partition coefficient (Wildman–Crippen LogP) is 1.63. The molecule has 0 aromatic rings. The Morgan fingerprint density at radius 1 is 1.77 bits per heavy atom. The Hall–Kier alpha value is -0.430. The molecule has 13 heavy (non-hydrogen) atoms. The quantitative estimate of drug-likeness (QED) is 0.566. The van der Waals surface area contributed by atoms with Crippen molar-refractivity contribution < 1.29 is 13.9 Å². The summed E-state index contributed by atoms with van der Waals surface area (Å²) in [4.78, 5) is 10.9. The van der Waals surface area contributed by atoms with Gasteiger partial charge in [0, 0.05) is 13.5 Å². The first-order valence-corrected chi connectivity index (χ1v) is 6.84. The SMILES string of the molecule is C#CCSP(=O)(NC(=O)CC)OC. The van der Waals surface area contributed by atoms with Crippen LogP contribution in [0.25, 0.3) is 0 Å². The van der Waals surface area contributed by atoms with Gasteiger partial charge in [-0.3, -0.25) is 14.4 Å². The average molecular weight is 221 g/mol. The Kier molecular flexibility index (Phi) is 5.89. The highest BCUT2D eigenvalue weighted by atomic mass is 32.7. The molecule has 1 unspecified atom stereocenters. The number of hydrogen-bond donors (Lipinski definition) is 1. The molecule has 0 radical (unpaired) electrons. The first-order chi connectivity index (χ1) is 6.08. The topological polar surface area (TPSA) is 55.4 Å². The molecule has 0 spiro atoms. The molecule has 0 heterocycles. The Bertz CT molecular complexity index is 261. The van der Waals surface area contributed by atoms with Crippen molar-refractivity contribution in [2.45, 2.75) is 13.3 Å². The van der Waals surface area contributed by atoms with E-state index in [0.717, 1.165) is 11.4 Å². The van der Waals surface area contributed by atoms with E-state index in [1.54, 1.807) is 6.92 Å². The van der Waals surface area contributed by atoms with Crippen LogP contribution in [0.2, 0.25) is 0 Å². The lowest BCUT2D eigenvalue weighted by atomic mass is 10.5. The number of carbonyl (C=O) groups excluding carboxylic acids is 1. The average Bonchev–Trinajstić information content (AvgIpc) is 2.14. The van der Waals surface area contributed by atoms with Gasteiger partial charge in [-0.05, 0) is 11.4 Å². The van der Waals surface area contributed by atoms with Crippen molar-refractivity contribution in [3.05, 3.63) is 0 Å². The lowest BCUT2D eigenvalue weighted by Crippen LogP contribution is -2.18. The van der Waals surface area contributed by atoms with Crippen LogP contribution in [0.5, 0.6) is 0 Å². The number of terminal acetylenes is 1. The number of rotatable bonds is 5. The smallest absolute Gasteiger partial charge is 0.309 e. The first-order valence-electron chi connectivity index (χ1n) is 3.63. The summed E-state index contributed by atoms with van der Waals surface area (Å²) >= 11 is 0.933. The van der Waals surface area contributed by atoms with Crippen LogP contribution in [0.3, 0.4) is 0 Å². The molecule has 0 saturated carbocycles. The van der Waals surface area contributed by atoms with Gasteiger partial charge in [-0.2, -0.15) is 0 Å². The zero-order chi connectivity index (χ0) is 10.3. The van der Waals surface area contributed by atoms with E-state index in [-0.39, 0.29) is 18.1 Å². The van der Waals surface area contributed by atoms with Gasteiger partial charge < -0.3 is 4.52 Å². The number of amides is 1. The molecular weight excluding hydrogens is 209 g/mol. The van der Waals surface area contributed by atoms with Gasteiger partial charge in [0.25, 0.3) is 0 Å². The van der Waals surface area contributed by atoms with E-state index >= 15 is 0 Å². The molecule has 0 aromatic heterocycles. The Morgan fingerprint density at radius 3 is 2.77 bits per heavy atom. The van der Waals surface area contributed by atoms with E-state index in [1.165, 1.54) is 7.11 Å². The van der Waals surface area contributed by atoms with Gasteiger partial charge in [-0.1, -0.05) is 12.8 Å². The molecule has 74 valence electrons. The second kappa shape index (κ2) is 6.09. The normalized spacial score (nSPS) is 14.2. The molecule has 0 saturated heterocycles. The summed E-state index contributed by atoms with van der Waals surface area (Å²) in [6.45, 7) is -1.45. The van der Waals surface area contributed by atoms with Crippen molar-refractivity contribution in [3.63, 3.8) is 0 Å². The van der Waals surface area contributed by atoms with Gasteiger partial charge in [-0.25, -0.2) is 0 Å². The van der Waals surface area contributed by atoms with Crippen molar-refractivity contribution in [2.75, 3.05) is 12.9 Å². The summed E-state index contributed by atoms with van der Waals surface area (Å²) in [5.41, 5.74) is 0. The van der Waals surface area contributed by atoms with Crippen LogP contribution in [0.4, 0.5) is 0 Å². The Morgan fingerprint density at radius 2 is 2.38 bits per heavy atom. The second-order valence-corrected chi connectivity index (χ2v) is 6.39. The number of carbonyl (C=O) groups is 1. The molecule has 0 rings (SSSR count). The fourth-order valence-electron chi connectivity index (χ4n) is 0.485. The third-order valence-corrected chi connectivity index (χ3v) is 4.91. The molecule has 0 fully saturated rings. The van der Waals surface area contributed by atoms with Crippen LogP contribution in [0.15, 0.2) is 0 Å². The van der Waals surface area contributed by atoms with Crippen molar-refractivity contribution in [1.29, 1.82) is 0 Å². The summed E-state index contributed by atoms with van der Waals surface area (Å²) in [7, 11) is 1.28. The van der Waals surface area contributed by atoms with Crippen LogP contribution in [0.1, 0.15) is 13.3 Å². The minimum atomic E-state index is -3.11. The molecule has 1 N–H and O–H groups in total. The maximum Gasteiger partial charge on any atom is 0.353 e. The van der Waals surface area contributed by atoms with E-state index < -0.39 is 6.72 Å². The van der Waals surface area contributed by atoms with E-state index in [9.17, 15) is 9.36 Å². The van der Waals surface area contributed by atoms with Crippen LogP contribution in [-0.4, -0.2) is 18.8 Å². The molecule has 0 aliphatic carbocycles. The molecule has 1 amide bonds. The van der Waals surface area contributed by atoms with Crippen molar-refractivity contribution in [3.8, 4) is 12.3 Å². The van der Waals surface area contributed by atoms with Gasteiger partial charge in [0.05, 0.1) is 5.75 Å². The third kappa shape index (κ3) is 4.99. The highest BCUT2D eigenvalue weighted by molar-refractivity contribution is 8.56. The summed E-state index contributed by atoms with van der Waals surface area (Å²) < 4.78 is 16.3. The molecule has 4 nitrogen and oxygen atoms in total. The van der Waals surface area contributed by atoms with Crippen LogP contribution >= 0.6 is 18.1 Å². The largest absolute Gasteiger partial charge is 0.353 e. The number of nitrogens with one attached hydrogen (secondary N) is 1. The fraction of sp³-hybridized carbons (Fsp3) is 0.571. The zero-order valence-corrected chi connectivity index (χ0v) is 9.28. The van der Waals surface area contributed by atoms with E-state index in [2.05, 4.69) is 11.0 Å². The van der Waals surface area contributed by atoms with Gasteiger partial charge in [0.15, 0.2) is 0 Å². The monoisotopic (exact) mass is 221 g/mol. The maximum absolute atomic E-state index is 11.6. The van der Waals surface area contributed by atoms with Crippen molar-refractivity contribution in [2.24, 2.45) is 0 Å². The zero-order valence-electron chi connectivity index (χ0n) is 7.57. The first kappa shape index (κ1) is 12.6. The second-order valence-electron chi connectivity index (χ2n) is 2.05. The minimum Gasteiger partial charge on any atom is -0.309 e. The van der Waals surface area contributed by atoms with Crippen molar-refractivity contribution >= 4 is 24.0 Å². The molecule has 0 aliphatic rings. The van der Waals surface area contributed by atoms with Crippen molar-refractivity contribution in [1.82, 2.24) is 5.09 Å². The lowest BCUT2D eigenvalue weighted by molar-refractivity contribution is -0.119. The van der Waals surface area contributed by atoms with E-state index in [0.29, 0.717) is 0 Å². The molecule has 0 aromatic carbocycles. The minimum absolute atomic E-state index is 0.245. The summed E-state index contributed by atoms with van der Waals surface area (Å²) in [6.07, 6.45) is 5.26. The molecule has 6 heteroatoms. The Labute approximate surface area is 82.1 Å². The van der Waals surface area contributed by atoms with Crippen LogP contribution in [-0.2, 0) is 13.9 Å². The van der Waals surface area contributed by atoms with E-state index in [4.69, 9.17) is 10.9 Å². The number of hydrogen-bond acceptors (Lipinski definition) is 4. The van der Waals surface area contributed by atoms with Crippen LogP contribution < -0.4 is 5.09 Å². The molecule has 0 bridgehead atoms. The molecular formula is C7H12NO3PS. The van der Waals surface area contributed by atoms with Gasteiger partial charge in [0.2, 0.25) is 5.91 Å². The molecule has 0 aliphatic heterocycles. The molecule has 1 atom stereocenters. The maximum atomic E-state index is 11.6. The van der Waals surface area contributed by atoms with E-state index in [1.807, 2.05) is 0 Å². The summed E-state index contributed by atoms with van der Waals surface area (Å²) in [5, 5.41) is 2.29. The fourth-order valence-corrected chi connectivity index (χ4v) is 3.00. The standard InChI is InChI=1S/C7H12NO3PS/c1-4-6-13-12(10,11-3)8-7(9)5-2/h1H,5-6H2,2-3H3,(H,8,9,10). The highest BCUT2D eigenvalue weighted by Crippen LogP contribution is 2.54. The summed E-state index contributed by atoms with van der Waals surface area (Å²) in [6, 6.07) is 0. The lowest BCUT2D eigenvalue weighted by Gasteiger charge is -2.14. The Balaban J connectivity index is 4.21. The predicted molar refractivity (Wildman–Crippen MR) is 54.3 cm³/mol. The summed E-state index contributed by atoms with van der Waals surface area (Å²) in [5.74, 6) is 2.24. The van der Waals surface area contributed by atoms with Gasteiger partial charge in [-0.15, -0.1) is 6.42 Å². The van der Waals surface area contributed by atoms with Crippen LogP contribution in [0, 0.1) is 12.3 Å². The van der Waals surface area contributed by atoms with Gasteiger partial charge >= 0.3 is 6.72 Å². The highest BCUT2D eigenvalue weighted by Gasteiger charge is 2.23.